The summed E-state index contributed by atoms with van der Waals surface area (Å²) in [5.74, 6) is 2.46. The highest BCUT2D eigenvalue weighted by Gasteiger charge is 2.06. The fraction of sp³-hybridized carbons (Fsp3) is 0.450. The van der Waals surface area contributed by atoms with E-state index in [9.17, 15) is 0 Å². The zero-order valence-corrected chi connectivity index (χ0v) is 19.4. The summed E-state index contributed by atoms with van der Waals surface area (Å²) in [6.07, 6.45) is 0.885. The molecular formula is C20H30IN3O2S. The molecular weight excluding hydrogens is 473 g/mol. The third kappa shape index (κ3) is 8.38. The maximum absolute atomic E-state index is 5.70. The lowest BCUT2D eigenvalue weighted by molar-refractivity contribution is 0.287. The van der Waals surface area contributed by atoms with E-state index in [4.69, 9.17) is 9.47 Å². The molecule has 1 aromatic carbocycles. The van der Waals surface area contributed by atoms with Gasteiger partial charge in [0.15, 0.2) is 17.5 Å². The number of nitrogens with zero attached hydrogens (tertiary/aromatic N) is 1. The topological polar surface area (TPSA) is 54.9 Å². The highest BCUT2D eigenvalue weighted by Crippen LogP contribution is 2.28. The second-order valence-corrected chi connectivity index (χ2v) is 6.63. The number of guanidine groups is 1. The van der Waals surface area contributed by atoms with E-state index in [0.717, 1.165) is 37.0 Å². The molecule has 0 saturated heterocycles. The molecule has 150 valence electrons. The van der Waals surface area contributed by atoms with Crippen LogP contribution in [0.25, 0.3) is 0 Å². The predicted octanol–water partition coefficient (Wildman–Crippen LogP) is 4.46. The van der Waals surface area contributed by atoms with Crippen molar-refractivity contribution in [2.24, 2.45) is 4.99 Å². The number of aliphatic imine (C=N–C) groups is 1. The molecule has 0 radical (unpaired) electrons. The highest BCUT2D eigenvalue weighted by molar-refractivity contribution is 14.0. The van der Waals surface area contributed by atoms with Crippen molar-refractivity contribution in [3.8, 4) is 11.5 Å². The molecule has 0 amide bonds. The van der Waals surface area contributed by atoms with Crippen LogP contribution < -0.4 is 20.1 Å². The lowest BCUT2D eigenvalue weighted by Gasteiger charge is -2.14. The molecule has 0 atom stereocenters. The van der Waals surface area contributed by atoms with Crippen LogP contribution >= 0.6 is 35.3 Å². The van der Waals surface area contributed by atoms with Gasteiger partial charge in [0.1, 0.15) is 0 Å². The van der Waals surface area contributed by atoms with Gasteiger partial charge in [0.2, 0.25) is 0 Å². The largest absolute Gasteiger partial charge is 0.490 e. The summed E-state index contributed by atoms with van der Waals surface area (Å²) in [7, 11) is 0. The maximum atomic E-state index is 5.70. The first-order valence-electron chi connectivity index (χ1n) is 9.19. The van der Waals surface area contributed by atoms with Crippen molar-refractivity contribution < 1.29 is 9.47 Å². The van der Waals surface area contributed by atoms with Crippen LogP contribution in [0.4, 0.5) is 0 Å². The molecule has 27 heavy (non-hydrogen) atoms. The second-order valence-electron chi connectivity index (χ2n) is 5.60. The van der Waals surface area contributed by atoms with Crippen LogP contribution in [0.1, 0.15) is 31.2 Å². The number of nitrogens with one attached hydrogen (secondary N) is 2. The predicted molar refractivity (Wildman–Crippen MR) is 125 cm³/mol. The van der Waals surface area contributed by atoms with Crippen LogP contribution in [-0.4, -0.2) is 32.3 Å². The Hall–Kier alpha value is -1.48. The van der Waals surface area contributed by atoms with Gasteiger partial charge in [-0.2, -0.15) is 0 Å². The molecule has 2 aromatic rings. The smallest absolute Gasteiger partial charge is 0.191 e. The van der Waals surface area contributed by atoms with Crippen LogP contribution in [-0.2, 0) is 13.0 Å². The van der Waals surface area contributed by atoms with Gasteiger partial charge in [0.25, 0.3) is 0 Å². The van der Waals surface area contributed by atoms with Crippen LogP contribution in [0.15, 0.2) is 40.7 Å². The lowest BCUT2D eigenvalue weighted by atomic mass is 10.1. The van der Waals surface area contributed by atoms with Crippen LogP contribution in [0, 0.1) is 0 Å². The maximum Gasteiger partial charge on any atom is 0.191 e. The molecule has 0 saturated carbocycles. The van der Waals surface area contributed by atoms with Crippen molar-refractivity contribution in [2.75, 3.05) is 26.3 Å². The average molecular weight is 503 g/mol. The van der Waals surface area contributed by atoms with E-state index in [1.165, 1.54) is 10.4 Å². The SMILES string of the molecule is CCNC(=NCc1cccs1)NCCc1ccc(OCC)c(OCC)c1.I. The number of halogens is 1. The normalized spacial score (nSPS) is 10.9. The summed E-state index contributed by atoms with van der Waals surface area (Å²) in [4.78, 5) is 5.89. The third-order valence-electron chi connectivity index (χ3n) is 3.63. The number of thiophene rings is 1. The van der Waals surface area contributed by atoms with E-state index < -0.39 is 0 Å². The van der Waals surface area contributed by atoms with Gasteiger partial charge in [-0.1, -0.05) is 12.1 Å². The second kappa shape index (κ2) is 13.7. The van der Waals surface area contributed by atoms with Gasteiger partial charge in [-0.3, -0.25) is 0 Å². The van der Waals surface area contributed by atoms with Crippen LogP contribution in [0.3, 0.4) is 0 Å². The van der Waals surface area contributed by atoms with E-state index in [0.29, 0.717) is 19.8 Å². The molecule has 0 unspecified atom stereocenters. The molecule has 0 bridgehead atoms. The van der Waals surface area contributed by atoms with Crippen LogP contribution in [0.5, 0.6) is 11.5 Å². The van der Waals surface area contributed by atoms with Gasteiger partial charge in [-0.15, -0.1) is 35.3 Å². The van der Waals surface area contributed by atoms with Gasteiger partial charge in [-0.05, 0) is 56.3 Å². The summed E-state index contributed by atoms with van der Waals surface area (Å²) >= 11 is 1.73. The first kappa shape index (κ1) is 23.6. The first-order valence-corrected chi connectivity index (χ1v) is 10.1. The third-order valence-corrected chi connectivity index (χ3v) is 4.49. The van der Waals surface area contributed by atoms with Crippen molar-refractivity contribution in [3.05, 3.63) is 46.2 Å². The molecule has 1 aromatic heterocycles. The Morgan fingerprint density at radius 3 is 2.48 bits per heavy atom. The summed E-state index contributed by atoms with van der Waals surface area (Å²) in [5.41, 5.74) is 1.21. The van der Waals surface area contributed by atoms with Crippen molar-refractivity contribution in [1.82, 2.24) is 10.6 Å². The van der Waals surface area contributed by atoms with Crippen molar-refractivity contribution in [3.63, 3.8) is 0 Å². The summed E-state index contributed by atoms with van der Waals surface area (Å²) in [5, 5.41) is 8.76. The molecule has 0 aliphatic rings. The number of hydrogen-bond donors (Lipinski definition) is 2. The first-order chi connectivity index (χ1) is 12.8. The fourth-order valence-electron chi connectivity index (χ4n) is 2.48. The molecule has 7 heteroatoms. The van der Waals surface area contributed by atoms with Crippen molar-refractivity contribution in [2.45, 2.75) is 33.7 Å². The summed E-state index contributed by atoms with van der Waals surface area (Å²) in [6, 6.07) is 10.3. The molecule has 0 aliphatic heterocycles. The number of rotatable bonds is 10. The fourth-order valence-corrected chi connectivity index (χ4v) is 3.11. The standard InChI is InChI=1S/C20H29N3O2S.HI/c1-4-21-20(23-15-17-8-7-13-26-17)22-12-11-16-9-10-18(24-5-2)19(14-16)25-6-3;/h7-10,13-14H,4-6,11-12,15H2,1-3H3,(H2,21,22,23);1H. The Morgan fingerprint density at radius 2 is 1.81 bits per heavy atom. The number of ether oxygens (including phenoxy) is 2. The highest BCUT2D eigenvalue weighted by atomic mass is 127. The van der Waals surface area contributed by atoms with Crippen LogP contribution in [0.2, 0.25) is 0 Å². The number of hydrogen-bond acceptors (Lipinski definition) is 4. The quantitative estimate of drug-likeness (QED) is 0.286. The Morgan fingerprint density at radius 1 is 1.04 bits per heavy atom. The van der Waals surface area contributed by atoms with Crippen molar-refractivity contribution >= 4 is 41.3 Å². The average Bonchev–Trinajstić information content (AvgIpc) is 3.16. The summed E-state index contributed by atoms with van der Waals surface area (Å²) < 4.78 is 11.3. The molecule has 2 N–H and O–H groups in total. The van der Waals surface area contributed by atoms with Crippen molar-refractivity contribution in [1.29, 1.82) is 0 Å². The van der Waals surface area contributed by atoms with E-state index >= 15 is 0 Å². The Kier molecular flexibility index (Phi) is 11.9. The monoisotopic (exact) mass is 503 g/mol. The Labute approximate surface area is 183 Å². The Balaban J connectivity index is 0.00000364. The Bertz CT molecular complexity index is 678. The van der Waals surface area contributed by atoms with E-state index in [2.05, 4.69) is 52.2 Å². The summed E-state index contributed by atoms with van der Waals surface area (Å²) in [6.45, 7) is 9.63. The molecule has 1 heterocycles. The number of benzene rings is 1. The van der Waals surface area contributed by atoms with Gasteiger partial charge < -0.3 is 20.1 Å². The molecule has 5 nitrogen and oxygen atoms in total. The van der Waals surface area contributed by atoms with Gasteiger partial charge >= 0.3 is 0 Å². The minimum absolute atomic E-state index is 0. The van der Waals surface area contributed by atoms with Gasteiger partial charge in [-0.25, -0.2) is 4.99 Å². The van der Waals surface area contributed by atoms with Gasteiger partial charge in [0.05, 0.1) is 19.8 Å². The molecule has 0 fully saturated rings. The zero-order valence-electron chi connectivity index (χ0n) is 16.3. The lowest BCUT2D eigenvalue weighted by Crippen LogP contribution is -2.38. The molecule has 2 rings (SSSR count). The molecule has 0 spiro atoms. The van der Waals surface area contributed by atoms with E-state index in [1.807, 2.05) is 19.9 Å². The zero-order chi connectivity index (χ0) is 18.6. The van der Waals surface area contributed by atoms with Gasteiger partial charge in [0, 0.05) is 18.0 Å². The minimum atomic E-state index is 0. The van der Waals surface area contributed by atoms with E-state index in [1.54, 1.807) is 11.3 Å². The molecule has 0 aliphatic carbocycles. The van der Waals surface area contributed by atoms with E-state index in [-0.39, 0.29) is 24.0 Å². The minimum Gasteiger partial charge on any atom is -0.490 e.